The Morgan fingerprint density at radius 2 is 0.911 bits per heavy atom. The van der Waals surface area contributed by atoms with Crippen molar-refractivity contribution < 1.29 is 9.53 Å². The predicted octanol–water partition coefficient (Wildman–Crippen LogP) is 12.0. The third-order valence-corrected chi connectivity index (χ3v) is 10.5. The zero-order valence-electron chi connectivity index (χ0n) is 27.3. The van der Waals surface area contributed by atoms with E-state index in [0.29, 0.717) is 17.8 Å². The molecule has 228 valence electrons. The first kappa shape index (κ1) is 29.5. The predicted molar refractivity (Wildman–Crippen MR) is 188 cm³/mol. The van der Waals surface area contributed by atoms with Crippen LogP contribution in [-0.4, -0.2) is 5.97 Å². The molecule has 5 aromatic carbocycles. The lowest BCUT2D eigenvalue weighted by atomic mass is 9.77. The molecule has 2 nitrogen and oxygen atoms in total. The summed E-state index contributed by atoms with van der Waals surface area (Å²) in [4.78, 5) is 12.5. The fourth-order valence-corrected chi connectivity index (χ4v) is 7.49. The highest BCUT2D eigenvalue weighted by atomic mass is 16.5. The maximum Gasteiger partial charge on any atom is 0.308 e. The Morgan fingerprint density at radius 3 is 1.49 bits per heavy atom. The van der Waals surface area contributed by atoms with Crippen molar-refractivity contribution >= 4 is 16.7 Å². The van der Waals surface area contributed by atoms with Gasteiger partial charge in [0.25, 0.3) is 0 Å². The van der Waals surface area contributed by atoms with Crippen molar-refractivity contribution in [3.8, 4) is 33.4 Å². The average molecular weight is 593 g/mol. The second kappa shape index (κ2) is 12.0. The molecule has 4 atom stereocenters. The minimum atomic E-state index is -0.167. The van der Waals surface area contributed by atoms with E-state index in [2.05, 4.69) is 118 Å². The Bertz CT molecular complexity index is 1880. The van der Waals surface area contributed by atoms with Gasteiger partial charge in [0.2, 0.25) is 0 Å². The van der Waals surface area contributed by atoms with Crippen LogP contribution in [0.3, 0.4) is 0 Å². The minimum Gasteiger partial charge on any atom is -0.457 e. The van der Waals surface area contributed by atoms with Gasteiger partial charge in [-0.2, -0.15) is 0 Å². The lowest BCUT2D eigenvalue weighted by Gasteiger charge is -2.30. The van der Waals surface area contributed by atoms with Crippen molar-refractivity contribution in [2.24, 2.45) is 5.92 Å². The van der Waals surface area contributed by atoms with E-state index < -0.39 is 0 Å². The number of esters is 1. The molecule has 0 bridgehead atoms. The first-order chi connectivity index (χ1) is 21.7. The molecule has 0 spiro atoms. The van der Waals surface area contributed by atoms with Gasteiger partial charge < -0.3 is 4.74 Å². The molecule has 2 heteroatoms. The maximum atomic E-state index is 12.5. The lowest BCUT2D eigenvalue weighted by molar-refractivity contribution is -0.154. The van der Waals surface area contributed by atoms with E-state index in [4.69, 9.17) is 4.74 Å². The fourth-order valence-electron chi connectivity index (χ4n) is 7.49. The van der Waals surface area contributed by atoms with Crippen molar-refractivity contribution in [2.75, 3.05) is 0 Å². The zero-order valence-corrected chi connectivity index (χ0v) is 27.3. The van der Waals surface area contributed by atoms with Gasteiger partial charge in [-0.25, -0.2) is 0 Å². The number of ether oxygens (including phenoxy) is 1. The average Bonchev–Trinajstić information content (AvgIpc) is 3.07. The number of hydrogen-bond acceptors (Lipinski definition) is 2. The molecule has 0 fully saturated rings. The summed E-state index contributed by atoms with van der Waals surface area (Å²) >= 11 is 0. The Labute approximate surface area is 268 Å². The molecule has 45 heavy (non-hydrogen) atoms. The third-order valence-electron chi connectivity index (χ3n) is 10.5. The molecule has 7 rings (SSSR count). The fraction of sp³-hybridized carbons (Fsp3) is 0.326. The van der Waals surface area contributed by atoms with Gasteiger partial charge in [0.1, 0.15) is 6.10 Å². The highest BCUT2D eigenvalue weighted by Gasteiger charge is 2.29. The largest absolute Gasteiger partial charge is 0.457 e. The Morgan fingerprint density at radius 1 is 0.511 bits per heavy atom. The molecule has 0 N–H and O–H groups in total. The van der Waals surface area contributed by atoms with Gasteiger partial charge in [0.15, 0.2) is 0 Å². The SMILES string of the molecule is CC(C)C(=O)OC1CCC(C)c2ccc(-c3ccc4cc(-c5ccc(-c6ccc7c(c6)C(C)CCC7C)cc5)ccc4c3)cc21. The quantitative estimate of drug-likeness (QED) is 0.190. The normalized spacial score (nSPS) is 20.9. The third kappa shape index (κ3) is 5.72. The monoisotopic (exact) mass is 592 g/mol. The lowest BCUT2D eigenvalue weighted by Crippen LogP contribution is -2.21. The van der Waals surface area contributed by atoms with E-state index in [0.717, 1.165) is 12.8 Å². The highest BCUT2D eigenvalue weighted by molar-refractivity contribution is 5.91. The molecular weight excluding hydrogens is 548 g/mol. The number of carbonyl (C=O) groups is 1. The number of carbonyl (C=O) groups excluding carboxylic acids is 1. The van der Waals surface area contributed by atoms with Crippen LogP contribution in [0.2, 0.25) is 0 Å². The van der Waals surface area contributed by atoms with Crippen LogP contribution in [0, 0.1) is 5.92 Å². The second-order valence-corrected chi connectivity index (χ2v) is 14.0. The molecule has 0 saturated heterocycles. The van der Waals surface area contributed by atoms with Gasteiger partial charge in [-0.05, 0) is 128 Å². The highest BCUT2D eigenvalue weighted by Crippen LogP contribution is 2.43. The van der Waals surface area contributed by atoms with Gasteiger partial charge in [-0.1, -0.05) is 113 Å². The smallest absolute Gasteiger partial charge is 0.308 e. The van der Waals surface area contributed by atoms with Crippen LogP contribution in [0.4, 0.5) is 0 Å². The Balaban J connectivity index is 1.14. The summed E-state index contributed by atoms with van der Waals surface area (Å²) in [5.74, 6) is 1.52. The number of benzene rings is 5. The number of fused-ring (bicyclic) bond motifs is 3. The summed E-state index contributed by atoms with van der Waals surface area (Å²) < 4.78 is 5.97. The van der Waals surface area contributed by atoms with E-state index in [9.17, 15) is 4.79 Å². The molecule has 2 aliphatic rings. The second-order valence-electron chi connectivity index (χ2n) is 14.0. The summed E-state index contributed by atoms with van der Waals surface area (Å²) in [6.07, 6.45) is 4.32. The van der Waals surface area contributed by atoms with Gasteiger partial charge in [0.05, 0.1) is 5.92 Å². The molecule has 0 amide bonds. The molecular formula is C43H44O2. The first-order valence-corrected chi connectivity index (χ1v) is 16.9. The van der Waals surface area contributed by atoms with E-state index in [1.165, 1.54) is 79.2 Å². The van der Waals surface area contributed by atoms with Crippen molar-refractivity contribution in [1.82, 2.24) is 0 Å². The van der Waals surface area contributed by atoms with Crippen LogP contribution < -0.4 is 0 Å². The molecule has 0 aromatic heterocycles. The van der Waals surface area contributed by atoms with Crippen LogP contribution in [0.5, 0.6) is 0 Å². The molecule has 0 aliphatic heterocycles. The van der Waals surface area contributed by atoms with E-state index >= 15 is 0 Å². The van der Waals surface area contributed by atoms with E-state index in [1.54, 1.807) is 0 Å². The van der Waals surface area contributed by atoms with Crippen molar-refractivity contribution in [1.29, 1.82) is 0 Å². The van der Waals surface area contributed by atoms with Gasteiger partial charge in [-0.15, -0.1) is 0 Å². The van der Waals surface area contributed by atoms with Crippen LogP contribution in [0.1, 0.15) is 106 Å². The summed E-state index contributed by atoms with van der Waals surface area (Å²) in [5, 5.41) is 2.45. The Hall–Kier alpha value is -4.17. The Kier molecular flexibility index (Phi) is 7.86. The van der Waals surface area contributed by atoms with Gasteiger partial charge >= 0.3 is 5.97 Å². The molecule has 4 unspecified atom stereocenters. The van der Waals surface area contributed by atoms with Crippen molar-refractivity contribution in [3.63, 3.8) is 0 Å². The summed E-state index contributed by atoms with van der Waals surface area (Å²) in [6, 6.07) is 36.4. The molecule has 0 heterocycles. The van der Waals surface area contributed by atoms with Crippen LogP contribution in [0.15, 0.2) is 97.1 Å². The topological polar surface area (TPSA) is 26.3 Å². The molecule has 0 saturated carbocycles. The van der Waals surface area contributed by atoms with Crippen LogP contribution >= 0.6 is 0 Å². The number of rotatable bonds is 5. The van der Waals surface area contributed by atoms with Crippen molar-refractivity contribution in [2.45, 2.75) is 84.2 Å². The van der Waals surface area contributed by atoms with Gasteiger partial charge in [-0.3, -0.25) is 4.79 Å². The minimum absolute atomic E-state index is 0.120. The summed E-state index contributed by atoms with van der Waals surface area (Å²) in [7, 11) is 0. The maximum absolute atomic E-state index is 12.5. The summed E-state index contributed by atoms with van der Waals surface area (Å²) in [6.45, 7) is 10.8. The van der Waals surface area contributed by atoms with E-state index in [-0.39, 0.29) is 18.0 Å². The van der Waals surface area contributed by atoms with Gasteiger partial charge in [0, 0.05) is 0 Å². The zero-order chi connectivity index (χ0) is 31.2. The standard InChI is InChI=1S/C43H44O2/c1-26(2)43(44)45-42-21-8-28(4)39-20-18-37(25-41(39)42)35-16-15-33-22-32(13-14-34(33)23-35)30-9-11-31(12-10-30)36-17-19-38-27(3)6-7-29(5)40(38)24-36/h9-20,22-29,42H,6-8,21H2,1-5H3. The van der Waals surface area contributed by atoms with Crippen LogP contribution in [0.25, 0.3) is 44.2 Å². The first-order valence-electron chi connectivity index (χ1n) is 16.9. The van der Waals surface area contributed by atoms with E-state index in [1.807, 2.05) is 13.8 Å². The van der Waals surface area contributed by atoms with Crippen molar-refractivity contribution in [3.05, 3.63) is 119 Å². The van der Waals surface area contributed by atoms with Crippen LogP contribution in [-0.2, 0) is 9.53 Å². The molecule has 2 aliphatic carbocycles. The molecule has 0 radical (unpaired) electrons. The molecule has 5 aromatic rings. The number of hydrogen-bond donors (Lipinski definition) is 0. The summed E-state index contributed by atoms with van der Waals surface area (Å²) in [5.41, 5.74) is 12.9.